The first-order valence-electron chi connectivity index (χ1n) is 5.94. The van der Waals surface area contributed by atoms with E-state index < -0.39 is 53.3 Å². The fraction of sp³-hybridized carbons (Fsp3) is 0.0769. The van der Waals surface area contributed by atoms with Gasteiger partial charge in [0.2, 0.25) is 5.82 Å². The van der Waals surface area contributed by atoms with Crippen molar-refractivity contribution in [2.45, 2.75) is 0 Å². The SMILES string of the molecule is O=C(COC(=O)c1ccc[nH]1)Nc1c(F)c(F)c(F)c(F)c1F. The standard InChI is InChI=1S/C13H7F5N2O3/c14-7-8(15)10(17)12(11(18)9(7)16)20-6(21)4-23-13(22)5-2-1-3-19-5/h1-3,19H,4H2,(H,20,21). The number of carbonyl (C=O) groups excluding carboxylic acids is 2. The molecule has 1 aromatic carbocycles. The van der Waals surface area contributed by atoms with E-state index in [1.165, 1.54) is 23.6 Å². The third kappa shape index (κ3) is 3.30. The van der Waals surface area contributed by atoms with Crippen LogP contribution >= 0.6 is 0 Å². The van der Waals surface area contributed by atoms with Crippen LogP contribution in [0.4, 0.5) is 27.6 Å². The highest BCUT2D eigenvalue weighted by molar-refractivity contribution is 5.95. The van der Waals surface area contributed by atoms with Crippen LogP contribution in [-0.4, -0.2) is 23.5 Å². The first-order chi connectivity index (χ1) is 10.8. The molecule has 10 heteroatoms. The van der Waals surface area contributed by atoms with Crippen LogP contribution in [-0.2, 0) is 9.53 Å². The number of benzene rings is 1. The number of carbonyl (C=O) groups is 2. The van der Waals surface area contributed by atoms with Gasteiger partial charge in [0.1, 0.15) is 11.4 Å². The molecule has 2 aromatic rings. The van der Waals surface area contributed by atoms with Crippen molar-refractivity contribution in [3.8, 4) is 0 Å². The Kier molecular flexibility index (Phi) is 4.63. The molecule has 0 radical (unpaired) electrons. The second-order valence-corrected chi connectivity index (χ2v) is 4.15. The van der Waals surface area contributed by atoms with Crippen molar-refractivity contribution in [3.63, 3.8) is 0 Å². The third-order valence-electron chi connectivity index (χ3n) is 2.63. The lowest BCUT2D eigenvalue weighted by atomic mass is 10.2. The monoisotopic (exact) mass is 334 g/mol. The molecule has 0 fully saturated rings. The lowest BCUT2D eigenvalue weighted by Crippen LogP contribution is -2.23. The van der Waals surface area contributed by atoms with Gasteiger partial charge in [0, 0.05) is 6.20 Å². The van der Waals surface area contributed by atoms with Gasteiger partial charge in [-0.05, 0) is 12.1 Å². The number of hydrogen-bond acceptors (Lipinski definition) is 3. The van der Waals surface area contributed by atoms with Crippen molar-refractivity contribution in [2.75, 3.05) is 11.9 Å². The summed E-state index contributed by atoms with van der Waals surface area (Å²) in [5.41, 5.74) is -1.52. The molecule has 0 aliphatic rings. The molecule has 1 amide bonds. The van der Waals surface area contributed by atoms with Crippen molar-refractivity contribution in [3.05, 3.63) is 53.1 Å². The molecule has 23 heavy (non-hydrogen) atoms. The van der Waals surface area contributed by atoms with Gasteiger partial charge in [0.15, 0.2) is 29.9 Å². The van der Waals surface area contributed by atoms with Crippen molar-refractivity contribution >= 4 is 17.6 Å². The van der Waals surface area contributed by atoms with E-state index in [0.29, 0.717) is 0 Å². The molecule has 0 aliphatic heterocycles. The van der Waals surface area contributed by atoms with Crippen LogP contribution in [0.15, 0.2) is 18.3 Å². The normalized spacial score (nSPS) is 10.5. The van der Waals surface area contributed by atoms with E-state index >= 15 is 0 Å². The highest BCUT2D eigenvalue weighted by atomic mass is 19.2. The van der Waals surface area contributed by atoms with Crippen LogP contribution in [0, 0.1) is 29.1 Å². The molecule has 2 N–H and O–H groups in total. The second kappa shape index (κ2) is 6.46. The maximum absolute atomic E-state index is 13.3. The summed E-state index contributed by atoms with van der Waals surface area (Å²) >= 11 is 0. The van der Waals surface area contributed by atoms with Gasteiger partial charge >= 0.3 is 5.97 Å². The Labute approximate surface area is 125 Å². The Morgan fingerprint density at radius 1 is 1.00 bits per heavy atom. The zero-order valence-electron chi connectivity index (χ0n) is 11.1. The average molecular weight is 334 g/mol. The minimum absolute atomic E-state index is 0.00836. The van der Waals surface area contributed by atoms with E-state index in [4.69, 9.17) is 0 Å². The summed E-state index contributed by atoms with van der Waals surface area (Å²) < 4.78 is 69.9. The number of nitrogens with one attached hydrogen (secondary N) is 2. The molecule has 1 heterocycles. The molecule has 0 unspecified atom stereocenters. The van der Waals surface area contributed by atoms with E-state index in [0.717, 1.165) is 0 Å². The Hall–Kier alpha value is -2.91. The fourth-order valence-corrected chi connectivity index (χ4v) is 1.56. The van der Waals surface area contributed by atoms with Crippen LogP contribution < -0.4 is 5.32 Å². The second-order valence-electron chi connectivity index (χ2n) is 4.15. The number of rotatable bonds is 4. The third-order valence-corrected chi connectivity index (χ3v) is 2.63. The van der Waals surface area contributed by atoms with Crippen LogP contribution in [0.25, 0.3) is 0 Å². The molecular weight excluding hydrogens is 327 g/mol. The zero-order chi connectivity index (χ0) is 17.1. The number of amides is 1. The largest absolute Gasteiger partial charge is 0.451 e. The summed E-state index contributed by atoms with van der Waals surface area (Å²) in [5.74, 6) is -13.4. The van der Waals surface area contributed by atoms with Gasteiger partial charge in [-0.15, -0.1) is 0 Å². The van der Waals surface area contributed by atoms with Crippen molar-refractivity contribution in [1.82, 2.24) is 4.98 Å². The van der Waals surface area contributed by atoms with E-state index in [2.05, 4.69) is 9.72 Å². The van der Waals surface area contributed by atoms with Gasteiger partial charge in [-0.2, -0.15) is 0 Å². The Morgan fingerprint density at radius 3 is 2.09 bits per heavy atom. The number of esters is 1. The maximum atomic E-state index is 13.3. The van der Waals surface area contributed by atoms with Crippen LogP contribution in [0.3, 0.4) is 0 Å². The van der Waals surface area contributed by atoms with Gasteiger partial charge in [-0.25, -0.2) is 26.7 Å². The van der Waals surface area contributed by atoms with Gasteiger partial charge in [-0.1, -0.05) is 0 Å². The molecule has 2 rings (SSSR count). The molecule has 0 saturated carbocycles. The Bertz CT molecular complexity index is 732. The number of ether oxygens (including phenoxy) is 1. The summed E-state index contributed by atoms with van der Waals surface area (Å²) in [6, 6.07) is 2.82. The quantitative estimate of drug-likeness (QED) is 0.391. The summed E-state index contributed by atoms with van der Waals surface area (Å²) in [7, 11) is 0. The number of aromatic amines is 1. The van der Waals surface area contributed by atoms with Crippen molar-refractivity contribution in [1.29, 1.82) is 0 Å². The van der Waals surface area contributed by atoms with E-state index in [9.17, 15) is 31.5 Å². The Balaban J connectivity index is 2.08. The summed E-state index contributed by atoms with van der Waals surface area (Å²) in [6.45, 7) is -0.989. The number of H-pyrrole nitrogens is 1. The smallest absolute Gasteiger partial charge is 0.355 e. The molecule has 0 bridgehead atoms. The molecular formula is C13H7F5N2O3. The topological polar surface area (TPSA) is 71.2 Å². The lowest BCUT2D eigenvalue weighted by molar-refractivity contribution is -0.119. The molecule has 0 atom stereocenters. The molecule has 1 aromatic heterocycles. The van der Waals surface area contributed by atoms with Crippen LogP contribution in [0.5, 0.6) is 0 Å². The zero-order valence-corrected chi connectivity index (χ0v) is 11.1. The van der Waals surface area contributed by atoms with E-state index in [1.807, 2.05) is 0 Å². The molecule has 0 saturated heterocycles. The minimum atomic E-state index is -2.35. The van der Waals surface area contributed by atoms with Gasteiger partial charge in [-0.3, -0.25) is 4.79 Å². The highest BCUT2D eigenvalue weighted by Crippen LogP contribution is 2.26. The number of halogens is 5. The van der Waals surface area contributed by atoms with Crippen LogP contribution in [0.1, 0.15) is 10.5 Å². The van der Waals surface area contributed by atoms with Crippen LogP contribution in [0.2, 0.25) is 0 Å². The number of anilines is 1. The number of aromatic nitrogens is 1. The maximum Gasteiger partial charge on any atom is 0.355 e. The van der Waals surface area contributed by atoms with Gasteiger partial charge < -0.3 is 15.0 Å². The molecule has 0 spiro atoms. The predicted molar refractivity (Wildman–Crippen MR) is 65.9 cm³/mol. The summed E-state index contributed by atoms with van der Waals surface area (Å²) in [6.07, 6.45) is 1.41. The number of hydrogen-bond donors (Lipinski definition) is 2. The molecule has 5 nitrogen and oxygen atoms in total. The summed E-state index contributed by atoms with van der Waals surface area (Å²) in [5, 5.41) is 1.46. The first-order valence-corrected chi connectivity index (χ1v) is 5.94. The van der Waals surface area contributed by atoms with Gasteiger partial charge in [0.25, 0.3) is 5.91 Å². The molecule has 0 aliphatic carbocycles. The van der Waals surface area contributed by atoms with E-state index in [-0.39, 0.29) is 5.69 Å². The van der Waals surface area contributed by atoms with Crippen molar-refractivity contribution in [2.24, 2.45) is 0 Å². The minimum Gasteiger partial charge on any atom is -0.451 e. The summed E-state index contributed by atoms with van der Waals surface area (Å²) in [4.78, 5) is 25.3. The average Bonchev–Trinajstić information content (AvgIpc) is 3.07. The first kappa shape index (κ1) is 16.5. The van der Waals surface area contributed by atoms with Gasteiger partial charge in [0.05, 0.1) is 0 Å². The highest BCUT2D eigenvalue weighted by Gasteiger charge is 2.27. The fourth-order valence-electron chi connectivity index (χ4n) is 1.56. The molecule has 122 valence electrons. The van der Waals surface area contributed by atoms with Crippen molar-refractivity contribution < 1.29 is 36.3 Å². The Morgan fingerprint density at radius 2 is 1.57 bits per heavy atom. The van der Waals surface area contributed by atoms with E-state index in [1.54, 1.807) is 0 Å². The lowest BCUT2D eigenvalue weighted by Gasteiger charge is -2.10. The predicted octanol–water partition coefficient (Wildman–Crippen LogP) is 2.51.